The van der Waals surface area contributed by atoms with Crippen molar-refractivity contribution in [2.75, 3.05) is 7.11 Å². The fourth-order valence-corrected chi connectivity index (χ4v) is 1.68. The Balaban J connectivity index is 2.69. The van der Waals surface area contributed by atoms with E-state index in [1.807, 2.05) is 6.92 Å². The Labute approximate surface area is 79.9 Å². The van der Waals surface area contributed by atoms with Crippen molar-refractivity contribution in [1.29, 1.82) is 0 Å². The maximum atomic E-state index is 11.0. The van der Waals surface area contributed by atoms with E-state index in [0.717, 1.165) is 5.01 Å². The highest BCUT2D eigenvalue weighted by molar-refractivity contribution is 7.13. The molecule has 1 unspecified atom stereocenters. The van der Waals surface area contributed by atoms with E-state index in [9.17, 15) is 4.79 Å². The van der Waals surface area contributed by atoms with E-state index in [1.165, 1.54) is 18.4 Å². The summed E-state index contributed by atoms with van der Waals surface area (Å²) in [7, 11) is 1.31. The van der Waals surface area contributed by atoms with Crippen LogP contribution in [0, 0.1) is 0 Å². The van der Waals surface area contributed by atoms with E-state index in [1.54, 1.807) is 0 Å². The zero-order valence-electron chi connectivity index (χ0n) is 7.48. The molecule has 0 amide bonds. The topological polar surface area (TPSA) is 78.1 Å². The Bertz CT molecular complexity index is 298. The minimum Gasteiger partial charge on any atom is -0.464 e. The van der Waals surface area contributed by atoms with E-state index in [0.29, 0.717) is 6.42 Å². The predicted molar refractivity (Wildman–Crippen MR) is 48.6 cm³/mol. The lowest BCUT2D eigenvalue weighted by Gasteiger charge is -1.97. The number of methoxy groups -OCH3 is 1. The van der Waals surface area contributed by atoms with Crippen LogP contribution >= 0.6 is 11.3 Å². The third-order valence-corrected chi connectivity index (χ3v) is 2.25. The Kier molecular flexibility index (Phi) is 3.32. The smallest absolute Gasteiger partial charge is 0.369 e. The van der Waals surface area contributed by atoms with Gasteiger partial charge in [0.2, 0.25) is 5.01 Å². The van der Waals surface area contributed by atoms with Crippen LogP contribution < -0.4 is 5.73 Å². The largest absolute Gasteiger partial charge is 0.464 e. The van der Waals surface area contributed by atoms with Gasteiger partial charge in [0.1, 0.15) is 5.01 Å². The van der Waals surface area contributed by atoms with E-state index < -0.39 is 5.97 Å². The molecule has 0 saturated carbocycles. The van der Waals surface area contributed by atoms with Gasteiger partial charge in [0, 0.05) is 12.5 Å². The highest BCUT2D eigenvalue weighted by Gasteiger charge is 2.13. The molecule has 1 heterocycles. The Hall–Kier alpha value is -1.01. The molecule has 1 aromatic heterocycles. The number of nitrogens with zero attached hydrogens (tertiary/aromatic N) is 2. The lowest BCUT2D eigenvalue weighted by atomic mass is 10.3. The van der Waals surface area contributed by atoms with E-state index in [2.05, 4.69) is 14.9 Å². The first-order chi connectivity index (χ1) is 6.13. The summed E-state index contributed by atoms with van der Waals surface area (Å²) in [5, 5.41) is 8.53. The normalized spacial score (nSPS) is 12.5. The van der Waals surface area contributed by atoms with E-state index in [4.69, 9.17) is 5.73 Å². The molecule has 5 nitrogen and oxygen atoms in total. The summed E-state index contributed by atoms with van der Waals surface area (Å²) >= 11 is 1.22. The number of carbonyl (C=O) groups excluding carboxylic acids is 1. The maximum absolute atomic E-state index is 11.0. The maximum Gasteiger partial charge on any atom is 0.369 e. The van der Waals surface area contributed by atoms with Crippen molar-refractivity contribution in [1.82, 2.24) is 10.2 Å². The number of carbonyl (C=O) groups is 1. The van der Waals surface area contributed by atoms with Gasteiger partial charge in [-0.3, -0.25) is 0 Å². The van der Waals surface area contributed by atoms with Crippen LogP contribution in [-0.4, -0.2) is 29.3 Å². The van der Waals surface area contributed by atoms with Crippen molar-refractivity contribution in [3.05, 3.63) is 10.0 Å². The first-order valence-corrected chi connectivity index (χ1v) is 4.61. The molecule has 0 radical (unpaired) electrons. The molecule has 1 aromatic rings. The zero-order valence-corrected chi connectivity index (χ0v) is 8.30. The van der Waals surface area contributed by atoms with Gasteiger partial charge in [0.15, 0.2) is 0 Å². The molecule has 1 rings (SSSR count). The summed E-state index contributed by atoms with van der Waals surface area (Å²) in [6, 6.07) is 0.0263. The van der Waals surface area contributed by atoms with Crippen LogP contribution in [0.2, 0.25) is 0 Å². The standard InChI is InChI=1S/C7H11N3O2S/c1-4(8)3-5-9-10-6(13-5)7(11)12-2/h4H,3,8H2,1-2H3. The molecule has 0 aliphatic carbocycles. The lowest BCUT2D eigenvalue weighted by molar-refractivity contribution is 0.0599. The number of nitrogens with two attached hydrogens (primary N) is 1. The fraction of sp³-hybridized carbons (Fsp3) is 0.571. The Morgan fingerprint density at radius 3 is 2.92 bits per heavy atom. The molecular weight excluding hydrogens is 190 g/mol. The van der Waals surface area contributed by atoms with Crippen LogP contribution in [0.3, 0.4) is 0 Å². The van der Waals surface area contributed by atoms with Gasteiger partial charge in [-0.2, -0.15) is 0 Å². The summed E-state index contributed by atoms with van der Waals surface area (Å²) in [6.45, 7) is 1.87. The lowest BCUT2D eigenvalue weighted by Crippen LogP contribution is -2.17. The van der Waals surface area contributed by atoms with Gasteiger partial charge in [-0.25, -0.2) is 4.79 Å². The van der Waals surface area contributed by atoms with E-state index in [-0.39, 0.29) is 11.0 Å². The Morgan fingerprint density at radius 1 is 1.69 bits per heavy atom. The monoisotopic (exact) mass is 201 g/mol. The number of esters is 1. The molecule has 0 fully saturated rings. The fourth-order valence-electron chi connectivity index (χ4n) is 0.781. The average molecular weight is 201 g/mol. The van der Waals surface area contributed by atoms with Gasteiger partial charge in [0.25, 0.3) is 0 Å². The molecule has 13 heavy (non-hydrogen) atoms. The number of aromatic nitrogens is 2. The minimum absolute atomic E-state index is 0.0263. The zero-order chi connectivity index (χ0) is 9.84. The van der Waals surface area contributed by atoms with Gasteiger partial charge in [-0.1, -0.05) is 11.3 Å². The Morgan fingerprint density at radius 2 is 2.38 bits per heavy atom. The van der Waals surface area contributed by atoms with Gasteiger partial charge in [-0.15, -0.1) is 10.2 Å². The SMILES string of the molecule is COC(=O)c1nnc(CC(C)N)s1. The first-order valence-electron chi connectivity index (χ1n) is 3.79. The van der Waals surface area contributed by atoms with E-state index >= 15 is 0 Å². The molecule has 0 aliphatic heterocycles. The van der Waals surface area contributed by atoms with Crippen molar-refractivity contribution in [2.24, 2.45) is 5.73 Å². The summed E-state index contributed by atoms with van der Waals surface area (Å²) in [4.78, 5) is 11.0. The highest BCUT2D eigenvalue weighted by Crippen LogP contribution is 2.11. The van der Waals surface area contributed by atoms with Gasteiger partial charge < -0.3 is 10.5 Å². The summed E-state index contributed by atoms with van der Waals surface area (Å²) < 4.78 is 4.49. The van der Waals surface area contributed by atoms with Crippen LogP contribution in [0.1, 0.15) is 21.7 Å². The molecule has 1 atom stereocenters. The molecule has 0 aromatic carbocycles. The number of hydrogen-bond acceptors (Lipinski definition) is 6. The van der Waals surface area contributed by atoms with Gasteiger partial charge in [-0.05, 0) is 6.92 Å². The summed E-state index contributed by atoms with van der Waals surface area (Å²) in [6.07, 6.45) is 0.634. The van der Waals surface area contributed by atoms with Crippen molar-refractivity contribution in [3.8, 4) is 0 Å². The van der Waals surface area contributed by atoms with Crippen molar-refractivity contribution >= 4 is 17.3 Å². The second-order valence-corrected chi connectivity index (χ2v) is 3.74. The molecule has 6 heteroatoms. The second kappa shape index (κ2) is 4.29. The molecule has 0 saturated heterocycles. The second-order valence-electron chi connectivity index (χ2n) is 2.67. The van der Waals surface area contributed by atoms with Crippen LogP contribution in [0.15, 0.2) is 0 Å². The molecule has 0 bridgehead atoms. The van der Waals surface area contributed by atoms with Gasteiger partial charge in [0.05, 0.1) is 7.11 Å². The third-order valence-electron chi connectivity index (χ3n) is 1.32. The molecular formula is C7H11N3O2S. The summed E-state index contributed by atoms with van der Waals surface area (Å²) in [5.41, 5.74) is 5.57. The first kappa shape index (κ1) is 10.1. The van der Waals surface area contributed by atoms with Crippen LogP contribution in [0.25, 0.3) is 0 Å². The number of ether oxygens (including phenoxy) is 1. The molecule has 72 valence electrons. The van der Waals surface area contributed by atoms with Crippen LogP contribution in [0.4, 0.5) is 0 Å². The molecule has 0 spiro atoms. The van der Waals surface area contributed by atoms with Crippen molar-refractivity contribution in [2.45, 2.75) is 19.4 Å². The number of hydrogen-bond donors (Lipinski definition) is 1. The minimum atomic E-state index is -0.451. The molecule has 2 N–H and O–H groups in total. The van der Waals surface area contributed by atoms with Crippen LogP contribution in [-0.2, 0) is 11.2 Å². The number of rotatable bonds is 3. The predicted octanol–water partition coefficient (Wildman–Crippen LogP) is 0.214. The van der Waals surface area contributed by atoms with Gasteiger partial charge >= 0.3 is 5.97 Å². The highest BCUT2D eigenvalue weighted by atomic mass is 32.1. The quantitative estimate of drug-likeness (QED) is 0.707. The van der Waals surface area contributed by atoms with Crippen LogP contribution in [0.5, 0.6) is 0 Å². The average Bonchev–Trinajstić information content (AvgIpc) is 2.50. The van der Waals surface area contributed by atoms with Crippen molar-refractivity contribution in [3.63, 3.8) is 0 Å². The van der Waals surface area contributed by atoms with Crippen molar-refractivity contribution < 1.29 is 9.53 Å². The molecule has 0 aliphatic rings. The summed E-state index contributed by atoms with van der Waals surface area (Å²) in [5.74, 6) is -0.451. The third kappa shape index (κ3) is 2.74.